The quantitative estimate of drug-likeness (QED) is 0.435. The van der Waals surface area contributed by atoms with Crippen LogP contribution < -0.4 is 4.90 Å². The highest BCUT2D eigenvalue weighted by atomic mass is 19.4. The molecule has 2 aliphatic rings. The summed E-state index contributed by atoms with van der Waals surface area (Å²) in [6, 6.07) is 24.5. The lowest BCUT2D eigenvalue weighted by Crippen LogP contribution is -2.35. The molecule has 6 heteroatoms. The van der Waals surface area contributed by atoms with Gasteiger partial charge in [-0.2, -0.15) is 13.2 Å². The van der Waals surface area contributed by atoms with Crippen LogP contribution in [0.2, 0.25) is 0 Å². The lowest BCUT2D eigenvalue weighted by atomic mass is 10.1. The number of halogens is 4. The van der Waals surface area contributed by atoms with Gasteiger partial charge in [0.15, 0.2) is 5.82 Å². The topological polar surface area (TPSA) is 6.48 Å². The minimum atomic E-state index is -4.69. The molecule has 0 radical (unpaired) electrons. The molecular weight excluding hydrogens is 416 g/mol. The minimum absolute atomic E-state index is 0.0587. The van der Waals surface area contributed by atoms with Crippen molar-refractivity contribution < 1.29 is 17.6 Å². The van der Waals surface area contributed by atoms with Crippen LogP contribution in [0.1, 0.15) is 16.7 Å². The van der Waals surface area contributed by atoms with Crippen molar-refractivity contribution in [3.05, 3.63) is 101 Å². The van der Waals surface area contributed by atoms with Crippen LogP contribution in [0.3, 0.4) is 0 Å². The third-order valence-corrected chi connectivity index (χ3v) is 6.65. The predicted octanol–water partition coefficient (Wildman–Crippen LogP) is 5.98. The molecule has 3 atom stereocenters. The molecular formula is C26H24F4N2. The van der Waals surface area contributed by atoms with E-state index in [0.29, 0.717) is 31.0 Å². The summed E-state index contributed by atoms with van der Waals surface area (Å²) in [4.78, 5) is 4.24. The molecule has 1 aliphatic carbocycles. The standard InChI is InChI=1S/C26H24F4N2/c27-24-22(26(28,29)30)12-7-13-23(24)31-16-20-21(17-31)25(20)32(14-18-8-3-1-4-9-18)15-19-10-5-2-6-11-19/h1-13,20-21,25H,14-17H2/t20-,21?,25?/m0/s1. The van der Waals surface area contributed by atoms with Crippen LogP contribution in [0, 0.1) is 17.7 Å². The van der Waals surface area contributed by atoms with E-state index in [-0.39, 0.29) is 5.69 Å². The summed E-state index contributed by atoms with van der Waals surface area (Å²) < 4.78 is 54.0. The molecule has 0 N–H and O–H groups in total. The summed E-state index contributed by atoms with van der Waals surface area (Å²) in [5.41, 5.74) is 1.33. The molecule has 1 saturated carbocycles. The van der Waals surface area contributed by atoms with E-state index in [1.807, 2.05) is 36.4 Å². The molecule has 3 aromatic carbocycles. The van der Waals surface area contributed by atoms with E-state index < -0.39 is 17.6 Å². The number of anilines is 1. The van der Waals surface area contributed by atoms with Gasteiger partial charge in [0.1, 0.15) is 0 Å². The second kappa shape index (κ2) is 8.24. The van der Waals surface area contributed by atoms with Crippen LogP contribution in [-0.4, -0.2) is 24.0 Å². The molecule has 2 unspecified atom stereocenters. The summed E-state index contributed by atoms with van der Waals surface area (Å²) in [5, 5.41) is 0. The highest BCUT2D eigenvalue weighted by Gasteiger charge is 2.58. The second-order valence-corrected chi connectivity index (χ2v) is 8.74. The van der Waals surface area contributed by atoms with E-state index in [1.54, 1.807) is 4.90 Å². The average molecular weight is 440 g/mol. The first-order chi connectivity index (χ1) is 15.4. The molecule has 2 nitrogen and oxygen atoms in total. The number of benzene rings is 3. The van der Waals surface area contributed by atoms with Gasteiger partial charge in [-0.3, -0.25) is 4.90 Å². The van der Waals surface area contributed by atoms with Crippen LogP contribution >= 0.6 is 0 Å². The molecule has 3 aromatic rings. The van der Waals surface area contributed by atoms with Crippen molar-refractivity contribution in [2.24, 2.45) is 11.8 Å². The maximum atomic E-state index is 14.6. The van der Waals surface area contributed by atoms with E-state index in [1.165, 1.54) is 23.3 Å². The van der Waals surface area contributed by atoms with E-state index >= 15 is 0 Å². The van der Waals surface area contributed by atoms with Gasteiger partial charge in [-0.1, -0.05) is 66.7 Å². The van der Waals surface area contributed by atoms with Crippen molar-refractivity contribution in [1.29, 1.82) is 0 Å². The largest absolute Gasteiger partial charge is 0.419 e. The van der Waals surface area contributed by atoms with Crippen LogP contribution in [0.5, 0.6) is 0 Å². The summed E-state index contributed by atoms with van der Waals surface area (Å²) in [5.74, 6) is -0.504. The van der Waals surface area contributed by atoms with Crippen molar-refractivity contribution in [3.8, 4) is 0 Å². The first kappa shape index (κ1) is 21.0. The average Bonchev–Trinajstić information content (AvgIpc) is 3.27. The molecule has 166 valence electrons. The Morgan fingerprint density at radius 3 is 1.78 bits per heavy atom. The minimum Gasteiger partial charge on any atom is -0.368 e. The fourth-order valence-electron chi connectivity index (χ4n) is 5.12. The summed E-state index contributed by atoms with van der Waals surface area (Å²) in [6.07, 6.45) is -4.69. The first-order valence-corrected chi connectivity index (χ1v) is 10.8. The van der Waals surface area contributed by atoms with Gasteiger partial charge in [0.05, 0.1) is 11.3 Å². The smallest absolute Gasteiger partial charge is 0.368 e. The number of piperidine rings is 1. The van der Waals surface area contributed by atoms with Gasteiger partial charge >= 0.3 is 6.18 Å². The van der Waals surface area contributed by atoms with Gasteiger partial charge in [-0.25, -0.2) is 4.39 Å². The van der Waals surface area contributed by atoms with Crippen molar-refractivity contribution in [2.75, 3.05) is 18.0 Å². The van der Waals surface area contributed by atoms with E-state index in [9.17, 15) is 17.6 Å². The SMILES string of the molecule is Fc1c(N2CC3C(N(Cc4ccccc4)Cc4ccccc4)[C@H]3C2)cccc1C(F)(F)F. The molecule has 0 amide bonds. The van der Waals surface area contributed by atoms with Crippen molar-refractivity contribution in [2.45, 2.75) is 25.3 Å². The lowest BCUT2D eigenvalue weighted by Gasteiger charge is -2.29. The van der Waals surface area contributed by atoms with Crippen LogP contribution in [-0.2, 0) is 19.3 Å². The molecule has 1 aliphatic heterocycles. The van der Waals surface area contributed by atoms with Gasteiger partial charge in [0.25, 0.3) is 0 Å². The Hall–Kier alpha value is -2.86. The predicted molar refractivity (Wildman–Crippen MR) is 117 cm³/mol. The van der Waals surface area contributed by atoms with Crippen molar-refractivity contribution in [3.63, 3.8) is 0 Å². The molecule has 0 aromatic heterocycles. The molecule has 1 heterocycles. The fraction of sp³-hybridized carbons (Fsp3) is 0.308. The fourth-order valence-corrected chi connectivity index (χ4v) is 5.12. The molecule has 32 heavy (non-hydrogen) atoms. The maximum Gasteiger partial charge on any atom is 0.419 e. The zero-order chi connectivity index (χ0) is 22.3. The van der Waals surface area contributed by atoms with Gasteiger partial charge in [0, 0.05) is 32.2 Å². The Morgan fingerprint density at radius 2 is 1.28 bits per heavy atom. The number of hydrogen-bond acceptors (Lipinski definition) is 2. The maximum absolute atomic E-state index is 14.6. The van der Waals surface area contributed by atoms with E-state index in [0.717, 1.165) is 19.2 Å². The number of alkyl halides is 3. The lowest BCUT2D eigenvalue weighted by molar-refractivity contribution is -0.139. The number of fused-ring (bicyclic) bond motifs is 1. The Balaban J connectivity index is 1.32. The molecule has 2 fully saturated rings. The Kier molecular flexibility index (Phi) is 5.41. The van der Waals surface area contributed by atoms with Crippen LogP contribution in [0.15, 0.2) is 78.9 Å². The third-order valence-electron chi connectivity index (χ3n) is 6.65. The van der Waals surface area contributed by atoms with Gasteiger partial charge in [-0.15, -0.1) is 0 Å². The van der Waals surface area contributed by atoms with Gasteiger partial charge in [-0.05, 0) is 35.1 Å². The Labute approximate surface area is 185 Å². The summed E-state index contributed by atoms with van der Waals surface area (Å²) >= 11 is 0. The third kappa shape index (κ3) is 4.11. The van der Waals surface area contributed by atoms with E-state index in [4.69, 9.17) is 0 Å². The summed E-state index contributed by atoms with van der Waals surface area (Å²) in [7, 11) is 0. The second-order valence-electron chi connectivity index (χ2n) is 8.74. The molecule has 0 bridgehead atoms. The van der Waals surface area contributed by atoms with Crippen LogP contribution in [0.4, 0.5) is 23.2 Å². The van der Waals surface area contributed by atoms with E-state index in [2.05, 4.69) is 29.2 Å². The highest BCUT2D eigenvalue weighted by Crippen LogP contribution is 2.51. The normalized spacial score (nSPS) is 22.3. The van der Waals surface area contributed by atoms with Gasteiger partial charge in [0.2, 0.25) is 0 Å². The van der Waals surface area contributed by atoms with Crippen molar-refractivity contribution >= 4 is 5.69 Å². The number of hydrogen-bond donors (Lipinski definition) is 0. The van der Waals surface area contributed by atoms with Gasteiger partial charge < -0.3 is 4.90 Å². The van der Waals surface area contributed by atoms with Crippen molar-refractivity contribution in [1.82, 2.24) is 4.90 Å². The van der Waals surface area contributed by atoms with Crippen LogP contribution in [0.25, 0.3) is 0 Å². The Morgan fingerprint density at radius 1 is 0.750 bits per heavy atom. The molecule has 0 spiro atoms. The molecule has 5 rings (SSSR count). The number of nitrogens with zero attached hydrogens (tertiary/aromatic N) is 2. The highest BCUT2D eigenvalue weighted by molar-refractivity contribution is 5.53. The monoisotopic (exact) mass is 440 g/mol. The number of rotatable bonds is 6. The zero-order valence-corrected chi connectivity index (χ0v) is 17.5. The first-order valence-electron chi connectivity index (χ1n) is 10.8. The molecule has 1 saturated heterocycles. The zero-order valence-electron chi connectivity index (χ0n) is 17.5. The summed E-state index contributed by atoms with van der Waals surface area (Å²) in [6.45, 7) is 2.78. The Bertz CT molecular complexity index is 1010.